The van der Waals surface area contributed by atoms with E-state index in [1.54, 1.807) is 48.5 Å². The summed E-state index contributed by atoms with van der Waals surface area (Å²) in [4.78, 5) is 0. The lowest BCUT2D eigenvalue weighted by Gasteiger charge is -2.01. The Balaban J connectivity index is 0.000000141. The maximum atomic E-state index is 9.38. The van der Waals surface area contributed by atoms with E-state index < -0.39 is 0 Å². The van der Waals surface area contributed by atoms with Crippen molar-refractivity contribution in [1.29, 1.82) is 0 Å². The standard InChI is InChI=1S/2C10H8O2/c11-9-5-1-3-7-8(9)4-2-6-10(7)12;11-9-5-7-3-1-2-4-8(7)6-10(9)12/h2*1-6,11-12H. The highest BCUT2D eigenvalue weighted by molar-refractivity contribution is 5.92. The van der Waals surface area contributed by atoms with Crippen LogP contribution >= 0.6 is 0 Å². The van der Waals surface area contributed by atoms with Crippen LogP contribution in [-0.2, 0) is 0 Å². The van der Waals surface area contributed by atoms with Gasteiger partial charge in [0, 0.05) is 10.8 Å². The van der Waals surface area contributed by atoms with Crippen LogP contribution in [0.15, 0.2) is 72.8 Å². The quantitative estimate of drug-likeness (QED) is 0.360. The van der Waals surface area contributed by atoms with Gasteiger partial charge in [0.15, 0.2) is 11.5 Å². The van der Waals surface area contributed by atoms with E-state index in [2.05, 4.69) is 0 Å². The van der Waals surface area contributed by atoms with E-state index in [0.29, 0.717) is 10.8 Å². The number of phenols is 4. The second kappa shape index (κ2) is 6.38. The van der Waals surface area contributed by atoms with Crippen molar-refractivity contribution in [2.75, 3.05) is 0 Å². The molecule has 0 fully saturated rings. The van der Waals surface area contributed by atoms with Gasteiger partial charge in [0.2, 0.25) is 0 Å². The summed E-state index contributed by atoms with van der Waals surface area (Å²) in [5.41, 5.74) is 0. The van der Waals surface area contributed by atoms with Crippen LogP contribution < -0.4 is 0 Å². The normalized spacial score (nSPS) is 10.3. The average Bonchev–Trinajstić information content (AvgIpc) is 2.58. The summed E-state index contributed by atoms with van der Waals surface area (Å²) < 4.78 is 0. The highest BCUT2D eigenvalue weighted by Crippen LogP contribution is 2.30. The van der Waals surface area contributed by atoms with E-state index in [1.165, 1.54) is 0 Å². The first kappa shape index (κ1) is 15.5. The topological polar surface area (TPSA) is 80.9 Å². The van der Waals surface area contributed by atoms with Crippen molar-refractivity contribution in [3.8, 4) is 23.0 Å². The maximum Gasteiger partial charge on any atom is 0.158 e. The van der Waals surface area contributed by atoms with Crippen LogP contribution in [0.5, 0.6) is 23.0 Å². The molecule has 0 unspecified atom stereocenters. The molecule has 4 heteroatoms. The Bertz CT molecular complexity index is 927. The van der Waals surface area contributed by atoms with E-state index in [-0.39, 0.29) is 23.0 Å². The third kappa shape index (κ3) is 3.03. The Kier molecular flexibility index (Phi) is 4.12. The Morgan fingerprint density at radius 1 is 0.417 bits per heavy atom. The van der Waals surface area contributed by atoms with Gasteiger partial charge in [0.05, 0.1) is 0 Å². The zero-order valence-electron chi connectivity index (χ0n) is 12.7. The minimum absolute atomic E-state index is 0.0753. The SMILES string of the molecule is Oc1cc2ccccc2cc1O.Oc1cccc2c(O)cccc12. The fourth-order valence-electron chi connectivity index (χ4n) is 2.49. The van der Waals surface area contributed by atoms with Crippen molar-refractivity contribution in [1.82, 2.24) is 0 Å². The number of fused-ring (bicyclic) bond motifs is 2. The predicted molar refractivity (Wildman–Crippen MR) is 94.6 cm³/mol. The number of hydrogen-bond donors (Lipinski definition) is 4. The van der Waals surface area contributed by atoms with Crippen LogP contribution in [0, 0.1) is 0 Å². The lowest BCUT2D eigenvalue weighted by Crippen LogP contribution is -1.73. The van der Waals surface area contributed by atoms with E-state index in [0.717, 1.165) is 10.8 Å². The third-order valence-electron chi connectivity index (χ3n) is 3.72. The second-order valence-electron chi connectivity index (χ2n) is 5.34. The van der Waals surface area contributed by atoms with E-state index in [4.69, 9.17) is 10.2 Å². The highest BCUT2D eigenvalue weighted by Gasteiger charge is 2.01. The first-order valence-electron chi connectivity index (χ1n) is 7.36. The summed E-state index contributed by atoms with van der Waals surface area (Å²) in [5.74, 6) is 0.245. The van der Waals surface area contributed by atoms with Gasteiger partial charge < -0.3 is 20.4 Å². The molecule has 0 saturated carbocycles. The fraction of sp³-hybridized carbons (Fsp3) is 0. The van der Waals surface area contributed by atoms with Gasteiger partial charge in [-0.3, -0.25) is 0 Å². The lowest BCUT2D eigenvalue weighted by molar-refractivity contribution is 0.405. The van der Waals surface area contributed by atoms with Crippen molar-refractivity contribution < 1.29 is 20.4 Å². The number of rotatable bonds is 0. The molecule has 0 saturated heterocycles. The smallest absolute Gasteiger partial charge is 0.158 e. The van der Waals surface area contributed by atoms with Gasteiger partial charge in [-0.15, -0.1) is 0 Å². The molecule has 4 rings (SSSR count). The maximum absolute atomic E-state index is 9.38. The van der Waals surface area contributed by atoms with Gasteiger partial charge in [-0.25, -0.2) is 0 Å². The highest BCUT2D eigenvalue weighted by atomic mass is 16.3. The molecule has 0 aliphatic heterocycles. The average molecular weight is 320 g/mol. The van der Waals surface area contributed by atoms with Crippen molar-refractivity contribution in [3.63, 3.8) is 0 Å². The second-order valence-corrected chi connectivity index (χ2v) is 5.34. The fourth-order valence-corrected chi connectivity index (χ4v) is 2.49. The number of hydrogen-bond acceptors (Lipinski definition) is 4. The molecule has 0 aliphatic carbocycles. The van der Waals surface area contributed by atoms with Crippen molar-refractivity contribution in [2.24, 2.45) is 0 Å². The molecule has 0 atom stereocenters. The number of benzene rings is 4. The molecule has 0 aromatic heterocycles. The molecule has 4 N–H and O–H groups in total. The van der Waals surface area contributed by atoms with Crippen LogP contribution in [-0.4, -0.2) is 20.4 Å². The molecule has 0 amide bonds. The Morgan fingerprint density at radius 2 is 0.833 bits per heavy atom. The van der Waals surface area contributed by atoms with Crippen LogP contribution in [0.2, 0.25) is 0 Å². The summed E-state index contributed by atoms with van der Waals surface area (Å²) in [7, 11) is 0. The van der Waals surface area contributed by atoms with Crippen molar-refractivity contribution in [2.45, 2.75) is 0 Å². The number of phenolic OH excluding ortho intramolecular Hbond substituents is 4. The van der Waals surface area contributed by atoms with Crippen LogP contribution in [0.4, 0.5) is 0 Å². The Labute approximate surface area is 138 Å². The Hall–Kier alpha value is -3.40. The van der Waals surface area contributed by atoms with E-state index >= 15 is 0 Å². The summed E-state index contributed by atoms with van der Waals surface area (Å²) in [6, 6.07) is 20.8. The molecule has 120 valence electrons. The molecule has 0 radical (unpaired) electrons. The lowest BCUT2D eigenvalue weighted by atomic mass is 10.1. The van der Waals surface area contributed by atoms with Gasteiger partial charge in [-0.1, -0.05) is 48.5 Å². The zero-order valence-corrected chi connectivity index (χ0v) is 12.7. The van der Waals surface area contributed by atoms with Crippen molar-refractivity contribution in [3.05, 3.63) is 72.8 Å². The molecule has 24 heavy (non-hydrogen) atoms. The summed E-state index contributed by atoms with van der Waals surface area (Å²) >= 11 is 0. The van der Waals surface area contributed by atoms with Gasteiger partial charge in [0.25, 0.3) is 0 Å². The predicted octanol–water partition coefficient (Wildman–Crippen LogP) is 4.50. The van der Waals surface area contributed by atoms with Crippen molar-refractivity contribution >= 4 is 21.5 Å². The largest absolute Gasteiger partial charge is 0.507 e. The van der Waals surface area contributed by atoms with Gasteiger partial charge in [-0.2, -0.15) is 0 Å². The molecule has 4 nitrogen and oxygen atoms in total. The summed E-state index contributed by atoms with van der Waals surface area (Å²) in [6.07, 6.45) is 0. The van der Waals surface area contributed by atoms with Crippen LogP contribution in [0.25, 0.3) is 21.5 Å². The van der Waals surface area contributed by atoms with Gasteiger partial charge in [0.1, 0.15) is 11.5 Å². The monoisotopic (exact) mass is 320 g/mol. The molecule has 0 heterocycles. The summed E-state index contributed by atoms with van der Waals surface area (Å²) in [6.45, 7) is 0. The summed E-state index contributed by atoms with van der Waals surface area (Å²) in [5, 5.41) is 40.3. The molecule has 4 aromatic carbocycles. The third-order valence-corrected chi connectivity index (χ3v) is 3.72. The molecule has 4 aromatic rings. The van der Waals surface area contributed by atoms with Crippen LogP contribution in [0.3, 0.4) is 0 Å². The first-order valence-corrected chi connectivity index (χ1v) is 7.36. The zero-order chi connectivity index (χ0) is 17.1. The van der Waals surface area contributed by atoms with Crippen LogP contribution in [0.1, 0.15) is 0 Å². The minimum Gasteiger partial charge on any atom is -0.507 e. The van der Waals surface area contributed by atoms with Gasteiger partial charge >= 0.3 is 0 Å². The first-order chi connectivity index (χ1) is 11.6. The molecule has 0 aliphatic rings. The van der Waals surface area contributed by atoms with E-state index in [1.807, 2.05) is 24.3 Å². The Morgan fingerprint density at radius 3 is 1.25 bits per heavy atom. The number of aromatic hydroxyl groups is 4. The molecule has 0 bridgehead atoms. The molecular weight excluding hydrogens is 304 g/mol. The molecule has 0 spiro atoms. The van der Waals surface area contributed by atoms with Gasteiger partial charge in [-0.05, 0) is 35.0 Å². The van der Waals surface area contributed by atoms with E-state index in [9.17, 15) is 10.2 Å². The minimum atomic E-state index is -0.0753. The molecular formula is C20H16O4.